The molecule has 0 amide bonds. The van der Waals surface area contributed by atoms with Gasteiger partial charge in [-0.15, -0.1) is 0 Å². The summed E-state index contributed by atoms with van der Waals surface area (Å²) < 4.78 is 0. The Hall–Kier alpha value is -0.570. The fourth-order valence-corrected chi connectivity index (χ4v) is 2.58. The third-order valence-corrected chi connectivity index (χ3v) is 3.48. The minimum absolute atomic E-state index is 0.507. The first-order valence-electron chi connectivity index (χ1n) is 7.01. The third kappa shape index (κ3) is 6.42. The van der Waals surface area contributed by atoms with Gasteiger partial charge in [0.25, 0.3) is 0 Å². The number of rotatable bonds is 7. The Balaban J connectivity index is 2.59. The van der Waals surface area contributed by atoms with Crippen molar-refractivity contribution in [2.24, 2.45) is 5.92 Å². The molecule has 1 unspecified atom stereocenters. The van der Waals surface area contributed by atoms with Gasteiger partial charge in [0.1, 0.15) is 0 Å². The van der Waals surface area contributed by atoms with E-state index in [9.17, 15) is 0 Å². The molecule has 0 bridgehead atoms. The number of benzene rings is 1. The molecule has 0 spiro atoms. The molecule has 0 saturated carbocycles. The number of hydrogen-bond donors (Lipinski definition) is 1. The minimum atomic E-state index is 0.507. The second-order valence-electron chi connectivity index (χ2n) is 6.06. The van der Waals surface area contributed by atoms with Gasteiger partial charge in [-0.25, -0.2) is 0 Å². The molecule has 0 aliphatic carbocycles. The van der Waals surface area contributed by atoms with Crippen LogP contribution < -0.4 is 5.32 Å². The summed E-state index contributed by atoms with van der Waals surface area (Å²) in [5.74, 6) is 0.700. The Morgan fingerprint density at radius 1 is 1.26 bits per heavy atom. The number of aryl methyl sites for hydroxylation is 1. The molecule has 1 rings (SSSR count). The van der Waals surface area contributed by atoms with Crippen LogP contribution in [0.4, 0.5) is 0 Å². The van der Waals surface area contributed by atoms with Gasteiger partial charge in [0.05, 0.1) is 0 Å². The van der Waals surface area contributed by atoms with Crippen molar-refractivity contribution in [2.75, 3.05) is 20.6 Å². The van der Waals surface area contributed by atoms with Crippen molar-refractivity contribution in [2.45, 2.75) is 39.8 Å². The Morgan fingerprint density at radius 2 is 1.95 bits per heavy atom. The summed E-state index contributed by atoms with van der Waals surface area (Å²) in [6, 6.07) is 6.77. The standard InChI is InChI=1S/C16H27ClN2/c1-12(2)8-15(11-19(4)5)18-10-14-7-6-13(3)9-16(14)17/h6-7,9,12,15,18H,8,10-11H2,1-5H3. The first-order chi connectivity index (χ1) is 8.88. The SMILES string of the molecule is Cc1ccc(CNC(CC(C)C)CN(C)C)c(Cl)c1. The van der Waals surface area contributed by atoms with Crippen molar-refractivity contribution in [1.29, 1.82) is 0 Å². The van der Waals surface area contributed by atoms with Gasteiger partial charge in [-0.2, -0.15) is 0 Å². The third-order valence-electron chi connectivity index (χ3n) is 3.13. The summed E-state index contributed by atoms with van der Waals surface area (Å²) in [7, 11) is 4.24. The maximum Gasteiger partial charge on any atom is 0.0453 e. The number of hydrogen-bond acceptors (Lipinski definition) is 2. The molecular formula is C16H27ClN2. The molecular weight excluding hydrogens is 256 g/mol. The molecule has 0 aliphatic rings. The highest BCUT2D eigenvalue weighted by atomic mass is 35.5. The van der Waals surface area contributed by atoms with E-state index in [1.807, 2.05) is 6.07 Å². The first-order valence-corrected chi connectivity index (χ1v) is 7.39. The quantitative estimate of drug-likeness (QED) is 0.820. The molecule has 0 heterocycles. The molecule has 108 valence electrons. The van der Waals surface area contributed by atoms with E-state index in [0.29, 0.717) is 12.0 Å². The van der Waals surface area contributed by atoms with E-state index in [4.69, 9.17) is 11.6 Å². The lowest BCUT2D eigenvalue weighted by Crippen LogP contribution is -2.38. The maximum atomic E-state index is 6.27. The van der Waals surface area contributed by atoms with Crippen molar-refractivity contribution in [3.05, 3.63) is 34.3 Å². The van der Waals surface area contributed by atoms with Gasteiger partial charge in [-0.3, -0.25) is 0 Å². The smallest absolute Gasteiger partial charge is 0.0453 e. The lowest BCUT2D eigenvalue weighted by atomic mass is 10.0. The summed E-state index contributed by atoms with van der Waals surface area (Å²) in [4.78, 5) is 2.23. The molecule has 1 aromatic carbocycles. The molecule has 1 aromatic rings. The zero-order valence-corrected chi connectivity index (χ0v) is 13.6. The van der Waals surface area contributed by atoms with E-state index in [0.717, 1.165) is 18.1 Å². The lowest BCUT2D eigenvalue weighted by molar-refractivity contribution is 0.305. The van der Waals surface area contributed by atoms with Crippen LogP contribution in [0.1, 0.15) is 31.4 Å². The Kier molecular flexibility index (Phi) is 6.84. The van der Waals surface area contributed by atoms with Crippen molar-refractivity contribution in [3.8, 4) is 0 Å². The van der Waals surface area contributed by atoms with Crippen LogP contribution >= 0.6 is 11.6 Å². The van der Waals surface area contributed by atoms with Gasteiger partial charge in [-0.05, 0) is 50.6 Å². The zero-order chi connectivity index (χ0) is 14.4. The topological polar surface area (TPSA) is 15.3 Å². The monoisotopic (exact) mass is 282 g/mol. The van der Waals surface area contributed by atoms with E-state index >= 15 is 0 Å². The van der Waals surface area contributed by atoms with E-state index in [1.54, 1.807) is 0 Å². The van der Waals surface area contributed by atoms with Crippen LogP contribution in [0.5, 0.6) is 0 Å². The van der Waals surface area contributed by atoms with Crippen LogP contribution in [0.2, 0.25) is 5.02 Å². The fourth-order valence-electron chi connectivity index (χ4n) is 2.28. The highest BCUT2D eigenvalue weighted by Crippen LogP contribution is 2.18. The number of halogens is 1. The predicted octanol–water partition coefficient (Wildman–Crippen LogP) is 3.71. The largest absolute Gasteiger partial charge is 0.309 e. The first kappa shape index (κ1) is 16.5. The molecule has 0 aliphatic heterocycles. The summed E-state index contributed by atoms with van der Waals surface area (Å²) in [6.45, 7) is 8.50. The highest BCUT2D eigenvalue weighted by molar-refractivity contribution is 6.31. The number of nitrogens with zero attached hydrogens (tertiary/aromatic N) is 1. The van der Waals surface area contributed by atoms with E-state index in [-0.39, 0.29) is 0 Å². The van der Waals surface area contributed by atoms with Gasteiger partial charge < -0.3 is 10.2 Å². The van der Waals surface area contributed by atoms with Crippen LogP contribution in [0, 0.1) is 12.8 Å². The predicted molar refractivity (Wildman–Crippen MR) is 84.8 cm³/mol. The number of nitrogens with one attached hydrogen (secondary N) is 1. The molecule has 3 heteroatoms. The van der Waals surface area contributed by atoms with Crippen LogP contribution in [-0.4, -0.2) is 31.6 Å². The molecule has 0 radical (unpaired) electrons. The summed E-state index contributed by atoms with van der Waals surface area (Å²) in [6.07, 6.45) is 1.18. The average molecular weight is 283 g/mol. The van der Waals surface area contributed by atoms with Gasteiger partial charge >= 0.3 is 0 Å². The van der Waals surface area contributed by atoms with Gasteiger partial charge in [0.2, 0.25) is 0 Å². The second kappa shape index (κ2) is 7.88. The van der Waals surface area contributed by atoms with Crippen molar-refractivity contribution < 1.29 is 0 Å². The van der Waals surface area contributed by atoms with Crippen molar-refractivity contribution >= 4 is 11.6 Å². The maximum absolute atomic E-state index is 6.27. The van der Waals surface area contributed by atoms with Crippen molar-refractivity contribution in [3.63, 3.8) is 0 Å². The van der Waals surface area contributed by atoms with E-state index in [1.165, 1.54) is 17.5 Å². The highest BCUT2D eigenvalue weighted by Gasteiger charge is 2.12. The summed E-state index contributed by atoms with van der Waals surface area (Å²) >= 11 is 6.27. The molecule has 1 atom stereocenters. The van der Waals surface area contributed by atoms with E-state index in [2.05, 4.69) is 57.2 Å². The fraction of sp³-hybridized carbons (Fsp3) is 0.625. The number of likely N-dealkylation sites (N-methyl/N-ethyl adjacent to an activating group) is 1. The lowest BCUT2D eigenvalue weighted by Gasteiger charge is -2.24. The van der Waals surface area contributed by atoms with Crippen LogP contribution in [0.15, 0.2) is 18.2 Å². The van der Waals surface area contributed by atoms with E-state index < -0.39 is 0 Å². The zero-order valence-electron chi connectivity index (χ0n) is 12.8. The molecule has 0 saturated heterocycles. The van der Waals surface area contributed by atoms with Gasteiger partial charge in [0, 0.05) is 24.2 Å². The van der Waals surface area contributed by atoms with Crippen molar-refractivity contribution in [1.82, 2.24) is 10.2 Å². The Labute approximate surface area is 123 Å². The normalized spacial score (nSPS) is 13.3. The Bertz CT molecular complexity index is 378. The molecule has 0 fully saturated rings. The summed E-state index contributed by atoms with van der Waals surface area (Å²) in [5, 5.41) is 4.49. The van der Waals surface area contributed by atoms with Crippen LogP contribution in [0.3, 0.4) is 0 Å². The molecule has 2 nitrogen and oxygen atoms in total. The average Bonchev–Trinajstić information content (AvgIpc) is 2.25. The summed E-state index contributed by atoms with van der Waals surface area (Å²) in [5.41, 5.74) is 2.39. The molecule has 0 aromatic heterocycles. The molecule has 19 heavy (non-hydrogen) atoms. The van der Waals surface area contributed by atoms with Crippen LogP contribution in [-0.2, 0) is 6.54 Å². The van der Waals surface area contributed by atoms with Crippen LogP contribution in [0.25, 0.3) is 0 Å². The second-order valence-corrected chi connectivity index (χ2v) is 6.47. The van der Waals surface area contributed by atoms with Gasteiger partial charge in [-0.1, -0.05) is 37.6 Å². The Morgan fingerprint density at radius 3 is 2.47 bits per heavy atom. The van der Waals surface area contributed by atoms with Gasteiger partial charge in [0.15, 0.2) is 0 Å². The molecule has 1 N–H and O–H groups in total. The minimum Gasteiger partial charge on any atom is -0.309 e.